The Morgan fingerprint density at radius 1 is 1.29 bits per heavy atom. The van der Waals surface area contributed by atoms with Gasteiger partial charge in [0, 0.05) is 16.4 Å². The molecule has 0 unspecified atom stereocenters. The molecular formula is C17H21BrN2O. The van der Waals surface area contributed by atoms with Gasteiger partial charge < -0.3 is 10.5 Å². The summed E-state index contributed by atoms with van der Waals surface area (Å²) < 4.78 is 7.04. The van der Waals surface area contributed by atoms with Crippen LogP contribution in [0.25, 0.3) is 0 Å². The highest BCUT2D eigenvalue weighted by atomic mass is 79.9. The van der Waals surface area contributed by atoms with Gasteiger partial charge in [0.25, 0.3) is 0 Å². The second-order valence-electron chi connectivity index (χ2n) is 5.55. The standard InChI is InChI=1S/C17H21BrN2O/c1-10(2)14-7-13(18)5-6-16(14)21-9-15-12(4)17(19)11(3)8-20-15/h5-8,10H,9H2,1-4H3,(H2,19,20). The van der Waals surface area contributed by atoms with E-state index in [-0.39, 0.29) is 0 Å². The Balaban J connectivity index is 2.23. The van der Waals surface area contributed by atoms with Crippen LogP contribution in [0.15, 0.2) is 28.9 Å². The molecule has 0 aliphatic rings. The Hall–Kier alpha value is -1.55. The van der Waals surface area contributed by atoms with Crippen molar-refractivity contribution >= 4 is 21.6 Å². The first-order valence-corrected chi connectivity index (χ1v) is 7.82. The number of hydrogen-bond acceptors (Lipinski definition) is 3. The highest BCUT2D eigenvalue weighted by molar-refractivity contribution is 9.10. The van der Waals surface area contributed by atoms with Gasteiger partial charge in [0.05, 0.1) is 5.69 Å². The molecule has 3 nitrogen and oxygen atoms in total. The van der Waals surface area contributed by atoms with Crippen molar-refractivity contribution in [1.29, 1.82) is 0 Å². The number of hydrogen-bond donors (Lipinski definition) is 1. The fraction of sp³-hybridized carbons (Fsp3) is 0.353. The lowest BCUT2D eigenvalue weighted by atomic mass is 10.0. The molecule has 21 heavy (non-hydrogen) atoms. The van der Waals surface area contributed by atoms with Crippen molar-refractivity contribution in [2.24, 2.45) is 0 Å². The van der Waals surface area contributed by atoms with Crippen LogP contribution in [0.1, 0.15) is 42.1 Å². The van der Waals surface area contributed by atoms with E-state index in [2.05, 4.69) is 40.8 Å². The second kappa shape index (κ2) is 6.48. The topological polar surface area (TPSA) is 48.1 Å². The van der Waals surface area contributed by atoms with Crippen molar-refractivity contribution < 1.29 is 4.74 Å². The number of rotatable bonds is 4. The average Bonchev–Trinajstić information content (AvgIpc) is 2.45. The van der Waals surface area contributed by atoms with Crippen molar-refractivity contribution in [3.8, 4) is 5.75 Å². The molecule has 0 amide bonds. The van der Waals surface area contributed by atoms with Crippen LogP contribution in [0.4, 0.5) is 5.69 Å². The number of nitrogens with zero attached hydrogens (tertiary/aromatic N) is 1. The third-order valence-electron chi connectivity index (χ3n) is 3.63. The zero-order chi connectivity index (χ0) is 15.6. The smallest absolute Gasteiger partial charge is 0.131 e. The minimum Gasteiger partial charge on any atom is -0.487 e. The Labute approximate surface area is 134 Å². The molecular weight excluding hydrogens is 328 g/mol. The number of aryl methyl sites for hydroxylation is 1. The molecule has 0 fully saturated rings. The molecule has 1 heterocycles. The van der Waals surface area contributed by atoms with E-state index in [0.717, 1.165) is 32.7 Å². The summed E-state index contributed by atoms with van der Waals surface area (Å²) in [5, 5.41) is 0. The molecule has 1 aromatic carbocycles. The quantitative estimate of drug-likeness (QED) is 0.867. The number of benzene rings is 1. The number of ether oxygens (including phenoxy) is 1. The number of halogens is 1. The van der Waals surface area contributed by atoms with E-state index in [1.165, 1.54) is 5.56 Å². The molecule has 2 aromatic rings. The van der Waals surface area contributed by atoms with Crippen LogP contribution in [0.5, 0.6) is 5.75 Å². The van der Waals surface area contributed by atoms with E-state index in [9.17, 15) is 0 Å². The van der Waals surface area contributed by atoms with Gasteiger partial charge in [-0.3, -0.25) is 4.98 Å². The van der Waals surface area contributed by atoms with Crippen molar-refractivity contribution in [1.82, 2.24) is 4.98 Å². The summed E-state index contributed by atoms with van der Waals surface area (Å²) in [7, 11) is 0. The molecule has 112 valence electrons. The van der Waals surface area contributed by atoms with E-state index in [1.807, 2.05) is 26.0 Å². The van der Waals surface area contributed by atoms with Gasteiger partial charge in [-0.2, -0.15) is 0 Å². The summed E-state index contributed by atoms with van der Waals surface area (Å²) in [6, 6.07) is 6.08. The number of pyridine rings is 1. The number of aromatic nitrogens is 1. The molecule has 4 heteroatoms. The number of anilines is 1. The first-order valence-electron chi connectivity index (χ1n) is 7.03. The van der Waals surface area contributed by atoms with Crippen LogP contribution in [-0.2, 0) is 6.61 Å². The maximum atomic E-state index is 6.05. The third kappa shape index (κ3) is 3.56. The molecule has 1 aromatic heterocycles. The fourth-order valence-corrected chi connectivity index (χ4v) is 2.56. The highest BCUT2D eigenvalue weighted by Crippen LogP contribution is 2.30. The summed E-state index contributed by atoms with van der Waals surface area (Å²) in [4.78, 5) is 4.43. The van der Waals surface area contributed by atoms with Gasteiger partial charge in [0.15, 0.2) is 0 Å². The van der Waals surface area contributed by atoms with Gasteiger partial charge in [-0.1, -0.05) is 29.8 Å². The predicted octanol–water partition coefficient (Wildman–Crippen LogP) is 4.75. The Kier molecular flexibility index (Phi) is 4.88. The Morgan fingerprint density at radius 3 is 2.67 bits per heavy atom. The van der Waals surface area contributed by atoms with Crippen LogP contribution >= 0.6 is 15.9 Å². The van der Waals surface area contributed by atoms with Gasteiger partial charge >= 0.3 is 0 Å². The minimum absolute atomic E-state index is 0.398. The molecule has 0 radical (unpaired) electrons. The van der Waals surface area contributed by atoms with Crippen LogP contribution in [0, 0.1) is 13.8 Å². The van der Waals surface area contributed by atoms with Crippen molar-refractivity contribution in [3.05, 3.63) is 51.3 Å². The Morgan fingerprint density at radius 2 is 2.00 bits per heavy atom. The molecule has 0 aliphatic carbocycles. The van der Waals surface area contributed by atoms with Crippen molar-refractivity contribution in [3.63, 3.8) is 0 Å². The molecule has 0 atom stereocenters. The molecule has 0 aliphatic heterocycles. The van der Waals surface area contributed by atoms with Crippen LogP contribution in [-0.4, -0.2) is 4.98 Å². The lowest BCUT2D eigenvalue weighted by Crippen LogP contribution is -2.06. The predicted molar refractivity (Wildman–Crippen MR) is 90.7 cm³/mol. The zero-order valence-corrected chi connectivity index (χ0v) is 14.5. The molecule has 0 bridgehead atoms. The van der Waals surface area contributed by atoms with Gasteiger partial charge in [-0.15, -0.1) is 0 Å². The summed E-state index contributed by atoms with van der Waals surface area (Å²) in [6.45, 7) is 8.69. The first kappa shape index (κ1) is 15.8. The van der Waals surface area contributed by atoms with E-state index < -0.39 is 0 Å². The van der Waals surface area contributed by atoms with E-state index in [4.69, 9.17) is 10.5 Å². The fourth-order valence-electron chi connectivity index (χ4n) is 2.19. The lowest BCUT2D eigenvalue weighted by Gasteiger charge is -2.16. The second-order valence-corrected chi connectivity index (χ2v) is 6.47. The lowest BCUT2D eigenvalue weighted by molar-refractivity contribution is 0.296. The van der Waals surface area contributed by atoms with Crippen LogP contribution in [0.3, 0.4) is 0 Å². The average molecular weight is 349 g/mol. The molecule has 0 spiro atoms. The molecule has 0 saturated heterocycles. The van der Waals surface area contributed by atoms with E-state index in [0.29, 0.717) is 12.5 Å². The SMILES string of the molecule is Cc1cnc(COc2ccc(Br)cc2C(C)C)c(C)c1N. The Bertz CT molecular complexity index is 653. The van der Waals surface area contributed by atoms with Crippen molar-refractivity contribution in [2.75, 3.05) is 5.73 Å². The normalized spacial score (nSPS) is 11.0. The number of nitrogens with two attached hydrogens (primary N) is 1. The highest BCUT2D eigenvalue weighted by Gasteiger charge is 2.11. The van der Waals surface area contributed by atoms with Gasteiger partial charge in [-0.05, 0) is 54.7 Å². The van der Waals surface area contributed by atoms with Gasteiger partial charge in [-0.25, -0.2) is 0 Å². The summed E-state index contributed by atoms with van der Waals surface area (Å²) in [5.74, 6) is 1.29. The molecule has 0 saturated carbocycles. The van der Waals surface area contributed by atoms with Crippen molar-refractivity contribution in [2.45, 2.75) is 40.2 Å². The van der Waals surface area contributed by atoms with E-state index in [1.54, 1.807) is 6.20 Å². The third-order valence-corrected chi connectivity index (χ3v) is 4.13. The monoisotopic (exact) mass is 348 g/mol. The summed E-state index contributed by atoms with van der Waals surface area (Å²) in [6.07, 6.45) is 1.80. The van der Waals surface area contributed by atoms with Crippen LogP contribution in [0.2, 0.25) is 0 Å². The first-order chi connectivity index (χ1) is 9.90. The summed E-state index contributed by atoms with van der Waals surface area (Å²) >= 11 is 3.51. The zero-order valence-electron chi connectivity index (χ0n) is 12.9. The van der Waals surface area contributed by atoms with Gasteiger partial charge in [0.1, 0.15) is 12.4 Å². The summed E-state index contributed by atoms with van der Waals surface area (Å²) in [5.41, 5.74) is 10.9. The van der Waals surface area contributed by atoms with Crippen LogP contribution < -0.4 is 10.5 Å². The molecule has 2 N–H and O–H groups in total. The minimum atomic E-state index is 0.398. The molecule has 2 rings (SSSR count). The largest absolute Gasteiger partial charge is 0.487 e. The van der Waals surface area contributed by atoms with Gasteiger partial charge in [0.2, 0.25) is 0 Å². The maximum Gasteiger partial charge on any atom is 0.131 e. The number of nitrogen functional groups attached to an aromatic ring is 1. The van der Waals surface area contributed by atoms with E-state index >= 15 is 0 Å². The maximum absolute atomic E-state index is 6.05.